The lowest BCUT2D eigenvalue weighted by Gasteiger charge is -2.28. The first-order chi connectivity index (χ1) is 9.64. The summed E-state index contributed by atoms with van der Waals surface area (Å²) in [4.78, 5) is 24.9. The number of sulfone groups is 1. The standard InChI is InChI=1S/C13H24N2O5S/c1-4-21(19,20)8-6-14-12(18)15-7-5-13(9-15,10(2)3)11(16)17/h10H,4-9H2,1-3H3,(H,14,18)(H,16,17). The van der Waals surface area contributed by atoms with Gasteiger partial charge in [-0.15, -0.1) is 0 Å². The molecule has 1 rings (SSSR count). The molecule has 0 radical (unpaired) electrons. The molecule has 1 saturated heterocycles. The van der Waals surface area contributed by atoms with E-state index < -0.39 is 27.3 Å². The molecule has 0 aliphatic carbocycles. The number of urea groups is 1. The zero-order valence-electron chi connectivity index (χ0n) is 12.8. The average Bonchev–Trinajstić information content (AvgIpc) is 2.85. The van der Waals surface area contributed by atoms with Crippen LogP contribution in [0.3, 0.4) is 0 Å². The zero-order chi connectivity index (χ0) is 16.3. The van der Waals surface area contributed by atoms with Crippen molar-refractivity contribution in [1.82, 2.24) is 10.2 Å². The van der Waals surface area contributed by atoms with Crippen LogP contribution in [0.1, 0.15) is 27.2 Å². The van der Waals surface area contributed by atoms with Crippen molar-refractivity contribution < 1.29 is 23.1 Å². The van der Waals surface area contributed by atoms with Gasteiger partial charge in [-0.1, -0.05) is 20.8 Å². The predicted molar refractivity (Wildman–Crippen MR) is 78.8 cm³/mol. The van der Waals surface area contributed by atoms with Gasteiger partial charge in [0.1, 0.15) is 0 Å². The Labute approximate surface area is 125 Å². The monoisotopic (exact) mass is 320 g/mol. The molecule has 1 aliphatic rings. The molecule has 2 amide bonds. The predicted octanol–water partition coefficient (Wildman–Crippen LogP) is 0.563. The van der Waals surface area contributed by atoms with E-state index in [4.69, 9.17) is 0 Å². The molecule has 0 saturated carbocycles. The van der Waals surface area contributed by atoms with Crippen LogP contribution in [0, 0.1) is 11.3 Å². The first-order valence-electron chi connectivity index (χ1n) is 7.11. The molecule has 0 aromatic carbocycles. The van der Waals surface area contributed by atoms with Gasteiger partial charge in [-0.05, 0) is 12.3 Å². The van der Waals surface area contributed by atoms with Gasteiger partial charge < -0.3 is 15.3 Å². The van der Waals surface area contributed by atoms with Gasteiger partial charge in [0.2, 0.25) is 0 Å². The number of carboxylic acids is 1. The maximum atomic E-state index is 12.0. The molecule has 0 bridgehead atoms. The van der Waals surface area contributed by atoms with Crippen LogP contribution in [0.5, 0.6) is 0 Å². The van der Waals surface area contributed by atoms with Gasteiger partial charge >= 0.3 is 12.0 Å². The number of amides is 2. The van der Waals surface area contributed by atoms with Crippen molar-refractivity contribution in [1.29, 1.82) is 0 Å². The summed E-state index contributed by atoms with van der Waals surface area (Å²) >= 11 is 0. The first-order valence-corrected chi connectivity index (χ1v) is 8.93. The number of hydrogen-bond acceptors (Lipinski definition) is 4. The maximum absolute atomic E-state index is 12.0. The smallest absolute Gasteiger partial charge is 0.317 e. The fourth-order valence-electron chi connectivity index (χ4n) is 2.47. The molecular formula is C13H24N2O5S. The number of nitrogens with zero attached hydrogens (tertiary/aromatic N) is 1. The minimum Gasteiger partial charge on any atom is -0.481 e. The summed E-state index contributed by atoms with van der Waals surface area (Å²) in [6.45, 7) is 5.81. The van der Waals surface area contributed by atoms with E-state index in [9.17, 15) is 23.1 Å². The SMILES string of the molecule is CCS(=O)(=O)CCNC(=O)N1CCC(C(=O)O)(C(C)C)C1. The molecule has 1 fully saturated rings. The number of hydrogen-bond donors (Lipinski definition) is 2. The summed E-state index contributed by atoms with van der Waals surface area (Å²) in [5.41, 5.74) is -0.910. The molecule has 1 atom stereocenters. The van der Waals surface area contributed by atoms with Crippen molar-refractivity contribution >= 4 is 21.8 Å². The fraction of sp³-hybridized carbons (Fsp3) is 0.846. The minimum atomic E-state index is -3.12. The largest absolute Gasteiger partial charge is 0.481 e. The highest BCUT2D eigenvalue weighted by atomic mass is 32.2. The summed E-state index contributed by atoms with van der Waals surface area (Å²) < 4.78 is 22.7. The Kier molecular flexibility index (Phi) is 5.61. The Bertz CT molecular complexity index is 503. The molecule has 0 spiro atoms. The Morgan fingerprint density at radius 3 is 2.43 bits per heavy atom. The summed E-state index contributed by atoms with van der Waals surface area (Å²) in [6, 6.07) is -0.398. The summed E-state index contributed by atoms with van der Waals surface area (Å²) in [7, 11) is -3.12. The van der Waals surface area contributed by atoms with Gasteiger partial charge in [-0.2, -0.15) is 0 Å². The van der Waals surface area contributed by atoms with Crippen LogP contribution in [0.25, 0.3) is 0 Å². The third kappa shape index (κ3) is 4.09. The van der Waals surface area contributed by atoms with Gasteiger partial charge in [0.15, 0.2) is 9.84 Å². The lowest BCUT2D eigenvalue weighted by Crippen LogP contribution is -2.44. The van der Waals surface area contributed by atoms with Gasteiger partial charge in [0, 0.05) is 25.4 Å². The van der Waals surface area contributed by atoms with Crippen molar-refractivity contribution in [2.45, 2.75) is 27.2 Å². The van der Waals surface area contributed by atoms with E-state index in [-0.39, 0.29) is 30.5 Å². The Morgan fingerprint density at radius 2 is 2.00 bits per heavy atom. The Morgan fingerprint density at radius 1 is 1.38 bits per heavy atom. The van der Waals surface area contributed by atoms with E-state index in [2.05, 4.69) is 5.32 Å². The van der Waals surface area contributed by atoms with Crippen LogP contribution in [-0.2, 0) is 14.6 Å². The Balaban J connectivity index is 2.57. The normalized spacial score (nSPS) is 22.6. The van der Waals surface area contributed by atoms with E-state index in [1.807, 2.05) is 13.8 Å². The van der Waals surface area contributed by atoms with E-state index in [0.717, 1.165) is 0 Å². The van der Waals surface area contributed by atoms with Crippen LogP contribution in [0.4, 0.5) is 4.79 Å². The third-order valence-electron chi connectivity index (χ3n) is 4.25. The third-order valence-corrected chi connectivity index (χ3v) is 5.95. The first kappa shape index (κ1) is 17.7. The molecule has 1 heterocycles. The molecule has 8 heteroatoms. The van der Waals surface area contributed by atoms with Crippen molar-refractivity contribution in [3.8, 4) is 0 Å². The highest BCUT2D eigenvalue weighted by Crippen LogP contribution is 2.38. The van der Waals surface area contributed by atoms with Gasteiger partial charge in [0.05, 0.1) is 11.2 Å². The molecule has 0 aromatic heterocycles. The van der Waals surface area contributed by atoms with Crippen LogP contribution in [0.15, 0.2) is 0 Å². The molecule has 21 heavy (non-hydrogen) atoms. The summed E-state index contributed by atoms with van der Waals surface area (Å²) in [5.74, 6) is -1.02. The second-order valence-electron chi connectivity index (χ2n) is 5.76. The number of carbonyl (C=O) groups excluding carboxylic acids is 1. The summed E-state index contributed by atoms with van der Waals surface area (Å²) in [5, 5.41) is 12.0. The number of aliphatic carboxylic acids is 1. The van der Waals surface area contributed by atoms with Crippen molar-refractivity contribution in [2.24, 2.45) is 11.3 Å². The molecule has 1 aliphatic heterocycles. The second-order valence-corrected chi connectivity index (χ2v) is 8.23. The molecular weight excluding hydrogens is 296 g/mol. The van der Waals surface area contributed by atoms with Crippen LogP contribution < -0.4 is 5.32 Å². The fourth-order valence-corrected chi connectivity index (χ4v) is 3.17. The molecule has 122 valence electrons. The van der Waals surface area contributed by atoms with Crippen LogP contribution in [-0.4, -0.2) is 61.6 Å². The van der Waals surface area contributed by atoms with E-state index in [1.54, 1.807) is 6.92 Å². The zero-order valence-corrected chi connectivity index (χ0v) is 13.6. The number of carboxylic acid groups (broad SMARTS) is 1. The van der Waals surface area contributed by atoms with Crippen molar-refractivity contribution in [2.75, 3.05) is 31.1 Å². The topological polar surface area (TPSA) is 104 Å². The number of likely N-dealkylation sites (tertiary alicyclic amines) is 1. The van der Waals surface area contributed by atoms with Crippen LogP contribution in [0.2, 0.25) is 0 Å². The van der Waals surface area contributed by atoms with Gasteiger partial charge in [0.25, 0.3) is 0 Å². The number of nitrogens with one attached hydrogen (secondary N) is 1. The lowest BCUT2D eigenvalue weighted by atomic mass is 9.76. The van der Waals surface area contributed by atoms with Crippen molar-refractivity contribution in [3.63, 3.8) is 0 Å². The lowest BCUT2D eigenvalue weighted by molar-refractivity contribution is -0.150. The van der Waals surface area contributed by atoms with E-state index >= 15 is 0 Å². The van der Waals surface area contributed by atoms with Gasteiger partial charge in [-0.3, -0.25) is 4.79 Å². The van der Waals surface area contributed by atoms with E-state index in [1.165, 1.54) is 4.90 Å². The van der Waals surface area contributed by atoms with Crippen molar-refractivity contribution in [3.05, 3.63) is 0 Å². The van der Waals surface area contributed by atoms with Gasteiger partial charge in [-0.25, -0.2) is 13.2 Å². The molecule has 0 aromatic rings. The number of carbonyl (C=O) groups is 2. The average molecular weight is 320 g/mol. The highest BCUT2D eigenvalue weighted by molar-refractivity contribution is 7.91. The Hall–Kier alpha value is -1.31. The highest BCUT2D eigenvalue weighted by Gasteiger charge is 2.48. The van der Waals surface area contributed by atoms with E-state index in [0.29, 0.717) is 13.0 Å². The molecule has 2 N–H and O–H groups in total. The molecule has 1 unspecified atom stereocenters. The minimum absolute atomic E-state index is 0.0437. The quantitative estimate of drug-likeness (QED) is 0.744. The summed E-state index contributed by atoms with van der Waals surface area (Å²) in [6.07, 6.45) is 0.417. The molecule has 7 nitrogen and oxygen atoms in total. The van der Waals surface area contributed by atoms with Crippen LogP contribution >= 0.6 is 0 Å². The second kappa shape index (κ2) is 6.64. The maximum Gasteiger partial charge on any atom is 0.317 e. The number of rotatable bonds is 6.